The Labute approximate surface area is 145 Å². The number of aryl methyl sites for hydroxylation is 1. The molecule has 0 fully saturated rings. The maximum absolute atomic E-state index is 13.1. The molecule has 0 aliphatic carbocycles. The van der Waals surface area contributed by atoms with Gasteiger partial charge < -0.3 is 14.0 Å². The molecule has 0 bridgehead atoms. The molecule has 0 saturated heterocycles. The zero-order chi connectivity index (χ0) is 17.3. The van der Waals surface area contributed by atoms with Crippen LogP contribution in [0.15, 0.2) is 22.8 Å². The summed E-state index contributed by atoms with van der Waals surface area (Å²) in [6.07, 6.45) is 0.101. The van der Waals surface area contributed by atoms with Gasteiger partial charge in [-0.25, -0.2) is 9.37 Å². The molecule has 3 rings (SSSR count). The van der Waals surface area contributed by atoms with Gasteiger partial charge in [-0.1, -0.05) is 0 Å². The summed E-state index contributed by atoms with van der Waals surface area (Å²) in [7, 11) is 0. The summed E-state index contributed by atoms with van der Waals surface area (Å²) >= 11 is 3.44. The lowest BCUT2D eigenvalue weighted by Gasteiger charge is -2.15. The van der Waals surface area contributed by atoms with E-state index < -0.39 is 19.4 Å². The zero-order valence-corrected chi connectivity index (χ0v) is 14.5. The van der Waals surface area contributed by atoms with Crippen molar-refractivity contribution in [2.45, 2.75) is 32.6 Å². The molecule has 1 aliphatic rings. The Morgan fingerprint density at radius 3 is 2.92 bits per heavy atom. The summed E-state index contributed by atoms with van der Waals surface area (Å²) < 4.78 is 50.4. The van der Waals surface area contributed by atoms with E-state index in [2.05, 4.69) is 25.7 Å². The van der Waals surface area contributed by atoms with Crippen LogP contribution in [0.4, 0.5) is 13.2 Å². The summed E-state index contributed by atoms with van der Waals surface area (Å²) in [5.74, 6) is 0.771. The van der Waals surface area contributed by atoms with Crippen LogP contribution in [0.25, 0.3) is 11.4 Å². The lowest BCUT2D eigenvalue weighted by molar-refractivity contribution is -0.0502. The van der Waals surface area contributed by atoms with E-state index in [1.807, 2.05) is 4.57 Å². The van der Waals surface area contributed by atoms with Gasteiger partial charge in [-0.2, -0.15) is 8.78 Å². The molecule has 0 N–H and O–H groups in total. The largest absolute Gasteiger partial charge is 0.435 e. The van der Waals surface area contributed by atoms with E-state index in [4.69, 9.17) is 4.74 Å². The molecule has 130 valence electrons. The van der Waals surface area contributed by atoms with Gasteiger partial charge in [0.05, 0.1) is 18.8 Å². The van der Waals surface area contributed by atoms with E-state index in [1.54, 1.807) is 19.1 Å². The number of ether oxygens (including phenoxy) is 2. The standard InChI is InChI=1S/C16H16BrF3N2O2/c1-9-6-10(2-3-13(9)24-16(19)20)15-21-14(17)12-4-5-23-11(7-18)8-22(12)15/h2-3,6,11,16H,4-5,7-8H2,1H3/t11-/m1/s1. The summed E-state index contributed by atoms with van der Waals surface area (Å²) in [6.45, 7) is -0.967. The molecule has 0 amide bonds. The normalized spacial score (nSPS) is 17.7. The molecule has 0 saturated carbocycles. The maximum atomic E-state index is 13.1. The average molecular weight is 405 g/mol. The van der Waals surface area contributed by atoms with Gasteiger partial charge in [-0.3, -0.25) is 0 Å². The second-order valence-electron chi connectivity index (χ2n) is 5.54. The van der Waals surface area contributed by atoms with Crippen LogP contribution in [0.1, 0.15) is 11.3 Å². The van der Waals surface area contributed by atoms with Gasteiger partial charge in [0.1, 0.15) is 29.0 Å². The number of aromatic nitrogens is 2. The molecule has 0 spiro atoms. The van der Waals surface area contributed by atoms with Gasteiger partial charge in [0.15, 0.2) is 0 Å². The molecule has 0 unspecified atom stereocenters. The van der Waals surface area contributed by atoms with Crippen molar-refractivity contribution < 1.29 is 22.6 Å². The van der Waals surface area contributed by atoms with Crippen molar-refractivity contribution in [2.75, 3.05) is 13.3 Å². The van der Waals surface area contributed by atoms with Crippen LogP contribution >= 0.6 is 15.9 Å². The number of fused-ring (bicyclic) bond motifs is 1. The predicted octanol–water partition coefficient (Wildman–Crippen LogP) is 4.13. The zero-order valence-electron chi connectivity index (χ0n) is 12.9. The minimum absolute atomic E-state index is 0.125. The number of hydrogen-bond acceptors (Lipinski definition) is 3. The fourth-order valence-corrected chi connectivity index (χ4v) is 3.38. The molecule has 1 aromatic heterocycles. The van der Waals surface area contributed by atoms with E-state index in [1.165, 1.54) is 6.07 Å². The third kappa shape index (κ3) is 3.44. The van der Waals surface area contributed by atoms with Crippen molar-refractivity contribution in [3.05, 3.63) is 34.1 Å². The van der Waals surface area contributed by atoms with Crippen LogP contribution in [0.5, 0.6) is 5.75 Å². The Bertz CT molecular complexity index is 736. The van der Waals surface area contributed by atoms with E-state index in [0.29, 0.717) is 35.6 Å². The SMILES string of the molecule is Cc1cc(-c2nc(Br)c3n2C[C@@H](CF)OCC3)ccc1OC(F)F. The molecular formula is C16H16BrF3N2O2. The minimum atomic E-state index is -2.87. The van der Waals surface area contributed by atoms with Gasteiger partial charge in [0.2, 0.25) is 0 Å². The second kappa shape index (κ2) is 7.14. The highest BCUT2D eigenvalue weighted by Crippen LogP contribution is 2.31. The summed E-state index contributed by atoms with van der Waals surface area (Å²) in [5, 5.41) is 0. The number of benzene rings is 1. The van der Waals surface area contributed by atoms with Crippen molar-refractivity contribution in [1.29, 1.82) is 0 Å². The Hall–Kier alpha value is -1.54. The Balaban J connectivity index is 2.00. The van der Waals surface area contributed by atoms with Crippen LogP contribution in [0, 0.1) is 6.92 Å². The Morgan fingerprint density at radius 1 is 1.46 bits per heavy atom. The number of hydrogen-bond donors (Lipinski definition) is 0. The summed E-state index contributed by atoms with van der Waals surface area (Å²) in [6, 6.07) is 4.89. The lowest BCUT2D eigenvalue weighted by Crippen LogP contribution is -2.21. The smallest absolute Gasteiger partial charge is 0.387 e. The van der Waals surface area contributed by atoms with Crippen molar-refractivity contribution in [3.8, 4) is 17.1 Å². The second-order valence-corrected chi connectivity index (χ2v) is 6.29. The van der Waals surface area contributed by atoms with Crippen molar-refractivity contribution >= 4 is 15.9 Å². The van der Waals surface area contributed by atoms with Crippen LogP contribution < -0.4 is 4.74 Å². The minimum Gasteiger partial charge on any atom is -0.435 e. The van der Waals surface area contributed by atoms with Gasteiger partial charge in [0, 0.05) is 12.0 Å². The van der Waals surface area contributed by atoms with Crippen LogP contribution in [-0.2, 0) is 17.7 Å². The Kier molecular flexibility index (Phi) is 5.15. The molecule has 2 heterocycles. The topological polar surface area (TPSA) is 36.3 Å². The molecule has 2 aromatic rings. The number of alkyl halides is 3. The average Bonchev–Trinajstić information content (AvgIpc) is 2.73. The lowest BCUT2D eigenvalue weighted by atomic mass is 10.1. The van der Waals surface area contributed by atoms with Crippen molar-refractivity contribution in [3.63, 3.8) is 0 Å². The first kappa shape index (κ1) is 17.3. The monoisotopic (exact) mass is 404 g/mol. The highest BCUT2D eigenvalue weighted by atomic mass is 79.9. The van der Waals surface area contributed by atoms with Crippen molar-refractivity contribution in [2.24, 2.45) is 0 Å². The third-order valence-corrected chi connectivity index (χ3v) is 4.56. The van der Waals surface area contributed by atoms with Gasteiger partial charge in [-0.05, 0) is 46.6 Å². The highest BCUT2D eigenvalue weighted by Gasteiger charge is 2.24. The molecule has 4 nitrogen and oxygen atoms in total. The van der Waals surface area contributed by atoms with E-state index in [0.717, 1.165) is 11.3 Å². The number of halogens is 4. The van der Waals surface area contributed by atoms with E-state index in [9.17, 15) is 13.2 Å². The molecule has 8 heteroatoms. The fraction of sp³-hybridized carbons (Fsp3) is 0.438. The fourth-order valence-electron chi connectivity index (χ4n) is 2.80. The van der Waals surface area contributed by atoms with E-state index in [-0.39, 0.29) is 5.75 Å². The summed E-state index contributed by atoms with van der Waals surface area (Å²) in [5.41, 5.74) is 2.26. The molecule has 1 aliphatic heterocycles. The van der Waals surface area contributed by atoms with Crippen LogP contribution in [-0.4, -0.2) is 35.5 Å². The first-order chi connectivity index (χ1) is 11.5. The molecular weight excluding hydrogens is 389 g/mol. The van der Waals surface area contributed by atoms with Gasteiger partial charge in [-0.15, -0.1) is 0 Å². The molecule has 1 aromatic carbocycles. The van der Waals surface area contributed by atoms with Gasteiger partial charge in [0.25, 0.3) is 0 Å². The highest BCUT2D eigenvalue weighted by molar-refractivity contribution is 9.10. The molecule has 24 heavy (non-hydrogen) atoms. The number of imidazole rings is 1. The van der Waals surface area contributed by atoms with Crippen LogP contribution in [0.2, 0.25) is 0 Å². The maximum Gasteiger partial charge on any atom is 0.387 e. The van der Waals surface area contributed by atoms with Gasteiger partial charge >= 0.3 is 6.61 Å². The summed E-state index contributed by atoms with van der Waals surface area (Å²) in [4.78, 5) is 4.52. The van der Waals surface area contributed by atoms with Crippen LogP contribution in [0.3, 0.4) is 0 Å². The predicted molar refractivity (Wildman–Crippen MR) is 86.2 cm³/mol. The van der Waals surface area contributed by atoms with Crippen molar-refractivity contribution in [1.82, 2.24) is 9.55 Å². The number of nitrogens with zero attached hydrogens (tertiary/aromatic N) is 2. The molecule has 0 radical (unpaired) electrons. The first-order valence-electron chi connectivity index (χ1n) is 7.48. The quantitative estimate of drug-likeness (QED) is 0.768. The third-order valence-electron chi connectivity index (χ3n) is 3.92. The number of rotatable bonds is 4. The first-order valence-corrected chi connectivity index (χ1v) is 8.27. The Morgan fingerprint density at radius 2 is 2.25 bits per heavy atom. The molecule has 1 atom stereocenters. The van der Waals surface area contributed by atoms with E-state index >= 15 is 0 Å².